The van der Waals surface area contributed by atoms with Crippen molar-refractivity contribution in [3.63, 3.8) is 0 Å². The lowest BCUT2D eigenvalue weighted by molar-refractivity contribution is -0.118. The average molecular weight is 423 g/mol. The summed E-state index contributed by atoms with van der Waals surface area (Å²) in [7, 11) is 1.83. The lowest BCUT2D eigenvalue weighted by atomic mass is 9.96. The smallest absolute Gasteiger partial charge is 0.410 e. The molecule has 0 bridgehead atoms. The highest BCUT2D eigenvalue weighted by atomic mass is 16.6. The molecule has 1 aromatic heterocycles. The second-order valence-electron chi connectivity index (χ2n) is 9.18. The van der Waals surface area contributed by atoms with Crippen LogP contribution in [-0.4, -0.2) is 60.7 Å². The van der Waals surface area contributed by atoms with Crippen LogP contribution >= 0.6 is 0 Å². The lowest BCUT2D eigenvalue weighted by Gasteiger charge is -2.36. The van der Waals surface area contributed by atoms with Crippen molar-refractivity contribution >= 4 is 23.4 Å². The van der Waals surface area contributed by atoms with Gasteiger partial charge in [0.05, 0.1) is 11.9 Å². The minimum absolute atomic E-state index is 0.162. The number of pyridine rings is 1. The number of ether oxygens (including phenoxy) is 1. The van der Waals surface area contributed by atoms with Gasteiger partial charge in [-0.25, -0.2) is 4.79 Å². The Hall–Kier alpha value is -3.09. The van der Waals surface area contributed by atoms with Gasteiger partial charge in [0.25, 0.3) is 0 Å². The van der Waals surface area contributed by atoms with Crippen LogP contribution in [0.15, 0.2) is 36.7 Å². The molecule has 7 nitrogen and oxygen atoms in total. The van der Waals surface area contributed by atoms with Crippen molar-refractivity contribution in [1.29, 1.82) is 0 Å². The van der Waals surface area contributed by atoms with E-state index in [0.29, 0.717) is 19.5 Å². The van der Waals surface area contributed by atoms with Crippen molar-refractivity contribution in [3.05, 3.63) is 42.2 Å². The lowest BCUT2D eigenvalue weighted by Crippen LogP contribution is -2.50. The minimum atomic E-state index is -0.483. The van der Waals surface area contributed by atoms with Crippen LogP contribution in [0.5, 0.6) is 0 Å². The van der Waals surface area contributed by atoms with Crippen LogP contribution in [-0.2, 0) is 16.0 Å². The van der Waals surface area contributed by atoms with Gasteiger partial charge in [-0.05, 0) is 56.5 Å². The first-order valence-corrected chi connectivity index (χ1v) is 10.8. The van der Waals surface area contributed by atoms with Crippen LogP contribution in [0.4, 0.5) is 16.2 Å². The molecule has 31 heavy (non-hydrogen) atoms. The van der Waals surface area contributed by atoms with E-state index in [0.717, 1.165) is 42.0 Å². The third-order valence-electron chi connectivity index (χ3n) is 5.78. The second-order valence-corrected chi connectivity index (χ2v) is 9.18. The molecule has 3 heterocycles. The Labute approximate surface area is 183 Å². The number of benzene rings is 1. The summed E-state index contributed by atoms with van der Waals surface area (Å²) in [6, 6.07) is 8.39. The van der Waals surface area contributed by atoms with Crippen molar-refractivity contribution in [3.8, 4) is 11.1 Å². The van der Waals surface area contributed by atoms with Crippen LogP contribution < -0.4 is 9.80 Å². The molecule has 0 spiro atoms. The summed E-state index contributed by atoms with van der Waals surface area (Å²) in [6.07, 6.45) is 4.81. The van der Waals surface area contributed by atoms with Crippen LogP contribution in [0, 0.1) is 0 Å². The number of anilines is 2. The highest BCUT2D eigenvalue weighted by Gasteiger charge is 2.26. The second kappa shape index (κ2) is 8.21. The molecule has 0 N–H and O–H groups in total. The normalized spacial score (nSPS) is 16.9. The monoisotopic (exact) mass is 422 g/mol. The van der Waals surface area contributed by atoms with Crippen molar-refractivity contribution in [2.24, 2.45) is 0 Å². The molecule has 0 radical (unpaired) electrons. The van der Waals surface area contributed by atoms with Crippen LogP contribution in [0.1, 0.15) is 32.8 Å². The summed E-state index contributed by atoms with van der Waals surface area (Å²) in [5, 5.41) is 0. The topological polar surface area (TPSA) is 66.0 Å². The van der Waals surface area contributed by atoms with Gasteiger partial charge in [0, 0.05) is 57.1 Å². The molecule has 0 unspecified atom stereocenters. The van der Waals surface area contributed by atoms with Gasteiger partial charge in [0.2, 0.25) is 5.91 Å². The Balaban J connectivity index is 1.46. The number of carbonyl (C=O) groups is 2. The summed E-state index contributed by atoms with van der Waals surface area (Å²) >= 11 is 0. The van der Waals surface area contributed by atoms with E-state index in [-0.39, 0.29) is 12.0 Å². The fourth-order valence-electron chi connectivity index (χ4n) is 4.07. The molecule has 2 aliphatic heterocycles. The summed E-state index contributed by atoms with van der Waals surface area (Å²) in [5.41, 5.74) is 4.89. The number of piperazine rings is 1. The Kier molecular flexibility index (Phi) is 5.60. The number of aromatic nitrogens is 1. The van der Waals surface area contributed by atoms with Gasteiger partial charge >= 0.3 is 6.09 Å². The largest absolute Gasteiger partial charge is 0.444 e. The number of hydrogen-bond acceptors (Lipinski definition) is 5. The highest BCUT2D eigenvalue weighted by molar-refractivity contribution is 5.96. The Morgan fingerprint density at radius 1 is 1.00 bits per heavy atom. The van der Waals surface area contributed by atoms with E-state index in [9.17, 15) is 9.59 Å². The van der Waals surface area contributed by atoms with Crippen LogP contribution in [0.2, 0.25) is 0 Å². The van der Waals surface area contributed by atoms with Crippen LogP contribution in [0.3, 0.4) is 0 Å². The van der Waals surface area contributed by atoms with Gasteiger partial charge in [-0.2, -0.15) is 0 Å². The van der Waals surface area contributed by atoms with E-state index < -0.39 is 5.60 Å². The van der Waals surface area contributed by atoms with Crippen molar-refractivity contribution in [1.82, 2.24) is 9.88 Å². The Morgan fingerprint density at radius 3 is 2.45 bits per heavy atom. The molecule has 2 aliphatic rings. The first-order chi connectivity index (χ1) is 14.7. The molecular weight excluding hydrogens is 392 g/mol. The molecular formula is C24H30N4O3. The minimum Gasteiger partial charge on any atom is -0.444 e. The average Bonchev–Trinajstić information content (AvgIpc) is 2.75. The number of fused-ring (bicyclic) bond motifs is 1. The molecule has 1 saturated heterocycles. The molecule has 4 rings (SSSR count). The van der Waals surface area contributed by atoms with Gasteiger partial charge < -0.3 is 19.4 Å². The first-order valence-electron chi connectivity index (χ1n) is 10.8. The molecule has 7 heteroatoms. The van der Waals surface area contributed by atoms with E-state index in [1.165, 1.54) is 5.56 Å². The zero-order valence-electron chi connectivity index (χ0n) is 18.7. The summed E-state index contributed by atoms with van der Waals surface area (Å²) in [5.74, 6) is 0.162. The quantitative estimate of drug-likeness (QED) is 0.738. The number of carbonyl (C=O) groups excluding carboxylic acids is 2. The van der Waals surface area contributed by atoms with E-state index >= 15 is 0 Å². The number of hydrogen-bond donors (Lipinski definition) is 0. The van der Waals surface area contributed by atoms with Gasteiger partial charge in [0.15, 0.2) is 0 Å². The summed E-state index contributed by atoms with van der Waals surface area (Å²) < 4.78 is 5.49. The number of aryl methyl sites for hydroxylation is 1. The van der Waals surface area contributed by atoms with Gasteiger partial charge in [-0.1, -0.05) is 6.07 Å². The maximum atomic E-state index is 12.3. The third kappa shape index (κ3) is 4.65. The third-order valence-corrected chi connectivity index (χ3v) is 5.78. The molecule has 164 valence electrons. The Morgan fingerprint density at radius 2 is 1.74 bits per heavy atom. The molecule has 0 saturated carbocycles. The highest BCUT2D eigenvalue weighted by Crippen LogP contribution is 2.32. The van der Waals surface area contributed by atoms with E-state index in [1.807, 2.05) is 46.3 Å². The maximum absolute atomic E-state index is 12.3. The summed E-state index contributed by atoms with van der Waals surface area (Å²) in [4.78, 5) is 34.5. The van der Waals surface area contributed by atoms with Crippen molar-refractivity contribution < 1.29 is 14.3 Å². The first kappa shape index (κ1) is 21.2. The molecule has 2 amide bonds. The SMILES string of the molecule is CN1C(=O)CCc2cc(-c3cncc(N4CCN(C(=O)OC(C)(C)C)CC4)c3)ccc21. The standard InChI is InChI=1S/C24H30N4O3/c1-24(2,3)31-23(30)28-11-9-27(10-12-28)20-14-19(15-25-16-20)17-5-7-21-18(13-17)6-8-22(29)26(21)4/h5,7,13-16H,6,8-12H2,1-4H3. The summed E-state index contributed by atoms with van der Waals surface area (Å²) in [6.45, 7) is 8.37. The zero-order chi connectivity index (χ0) is 22.2. The van der Waals surface area contributed by atoms with Crippen LogP contribution in [0.25, 0.3) is 11.1 Å². The van der Waals surface area contributed by atoms with Gasteiger partial charge in [-0.3, -0.25) is 9.78 Å². The number of rotatable bonds is 2. The predicted molar refractivity (Wildman–Crippen MR) is 121 cm³/mol. The molecule has 0 aliphatic carbocycles. The maximum Gasteiger partial charge on any atom is 0.410 e. The fourth-order valence-corrected chi connectivity index (χ4v) is 4.07. The molecule has 2 aromatic rings. The Bertz CT molecular complexity index is 991. The van der Waals surface area contributed by atoms with Crippen molar-refractivity contribution in [2.45, 2.75) is 39.2 Å². The van der Waals surface area contributed by atoms with Gasteiger partial charge in [-0.15, -0.1) is 0 Å². The number of nitrogens with zero attached hydrogens (tertiary/aromatic N) is 4. The predicted octanol–water partition coefficient (Wildman–Crippen LogP) is 3.71. The van der Waals surface area contributed by atoms with Crippen molar-refractivity contribution in [2.75, 3.05) is 43.0 Å². The fraction of sp³-hybridized carbons (Fsp3) is 0.458. The molecule has 1 fully saturated rings. The molecule has 1 aromatic carbocycles. The van der Waals surface area contributed by atoms with E-state index in [1.54, 1.807) is 9.80 Å². The van der Waals surface area contributed by atoms with E-state index in [4.69, 9.17) is 4.74 Å². The van der Waals surface area contributed by atoms with E-state index in [2.05, 4.69) is 28.1 Å². The van der Waals surface area contributed by atoms with Gasteiger partial charge in [0.1, 0.15) is 5.60 Å². The number of amides is 2. The molecule has 0 atom stereocenters. The zero-order valence-corrected chi connectivity index (χ0v) is 18.7.